The van der Waals surface area contributed by atoms with Crippen LogP contribution in [0.5, 0.6) is 0 Å². The van der Waals surface area contributed by atoms with Crippen molar-refractivity contribution in [2.45, 2.75) is 44.1 Å². The van der Waals surface area contributed by atoms with Gasteiger partial charge >= 0.3 is 0 Å². The Morgan fingerprint density at radius 2 is 2.30 bits per heavy atom. The van der Waals surface area contributed by atoms with Crippen LogP contribution < -0.4 is 5.32 Å². The van der Waals surface area contributed by atoms with Gasteiger partial charge in [0.2, 0.25) is 0 Å². The zero-order chi connectivity index (χ0) is 14.6. The fourth-order valence-electron chi connectivity index (χ4n) is 2.20. The quantitative estimate of drug-likeness (QED) is 0.618. The summed E-state index contributed by atoms with van der Waals surface area (Å²) in [5, 5.41) is 13.0. The van der Waals surface area contributed by atoms with Gasteiger partial charge in [-0.25, -0.2) is 0 Å². The third-order valence-corrected chi connectivity index (χ3v) is 3.52. The van der Waals surface area contributed by atoms with Crippen molar-refractivity contribution in [1.29, 1.82) is 0 Å². The van der Waals surface area contributed by atoms with E-state index >= 15 is 0 Å². The Bertz CT molecular complexity index is 380. The summed E-state index contributed by atoms with van der Waals surface area (Å²) in [4.78, 5) is 0. The maximum Gasteiger partial charge on any atom is 0.120 e. The molecule has 0 aromatic carbocycles. The Balaban J connectivity index is 1.70. The number of allylic oxidation sites excluding steroid dienone is 1. The van der Waals surface area contributed by atoms with E-state index in [4.69, 9.17) is 14.2 Å². The van der Waals surface area contributed by atoms with Gasteiger partial charge in [0, 0.05) is 32.7 Å². The standard InChI is InChI=1S/C15H25NO4/c1-11(2)16-9-12(17)10-19-13-4-5-15(6-7-18-3)14(8-13)20-15/h4-5,8,11-12,14,16-17H,6-7,9-10H2,1-3H3. The lowest BCUT2D eigenvalue weighted by molar-refractivity contribution is 0.0734. The molecule has 1 saturated heterocycles. The fourth-order valence-corrected chi connectivity index (χ4v) is 2.20. The number of nitrogens with one attached hydrogen (secondary N) is 1. The number of aliphatic hydroxyl groups is 1. The summed E-state index contributed by atoms with van der Waals surface area (Å²) in [6, 6.07) is 0.361. The Kier molecular flexibility index (Phi) is 5.21. The van der Waals surface area contributed by atoms with Gasteiger partial charge in [-0.15, -0.1) is 0 Å². The monoisotopic (exact) mass is 283 g/mol. The topological polar surface area (TPSA) is 63.2 Å². The van der Waals surface area contributed by atoms with Crippen molar-refractivity contribution in [2.24, 2.45) is 0 Å². The molecule has 2 rings (SSSR count). The smallest absolute Gasteiger partial charge is 0.120 e. The second-order valence-electron chi connectivity index (χ2n) is 5.67. The van der Waals surface area contributed by atoms with E-state index in [9.17, 15) is 5.11 Å². The van der Waals surface area contributed by atoms with Crippen molar-refractivity contribution < 1.29 is 19.3 Å². The molecule has 2 aliphatic rings. The van der Waals surface area contributed by atoms with Crippen LogP contribution in [0.1, 0.15) is 20.3 Å². The number of methoxy groups -OCH3 is 1. The SMILES string of the molecule is COCCC12C=CC(OCC(O)CNC(C)C)=CC1O2. The van der Waals surface area contributed by atoms with Crippen LogP contribution >= 0.6 is 0 Å². The van der Waals surface area contributed by atoms with E-state index in [0.717, 1.165) is 12.2 Å². The van der Waals surface area contributed by atoms with Gasteiger partial charge in [-0.1, -0.05) is 13.8 Å². The summed E-state index contributed by atoms with van der Waals surface area (Å²) in [5.41, 5.74) is -0.180. The van der Waals surface area contributed by atoms with Crippen LogP contribution in [0, 0.1) is 0 Å². The maximum absolute atomic E-state index is 9.79. The van der Waals surface area contributed by atoms with Crippen LogP contribution in [0.4, 0.5) is 0 Å². The lowest BCUT2D eigenvalue weighted by Crippen LogP contribution is -2.34. The third-order valence-electron chi connectivity index (χ3n) is 3.52. The van der Waals surface area contributed by atoms with E-state index in [1.807, 2.05) is 32.1 Å². The van der Waals surface area contributed by atoms with Gasteiger partial charge in [0.15, 0.2) is 0 Å². The summed E-state index contributed by atoms with van der Waals surface area (Å²) < 4.78 is 16.4. The maximum atomic E-state index is 9.79. The van der Waals surface area contributed by atoms with Gasteiger partial charge in [-0.05, 0) is 18.2 Å². The molecule has 0 spiro atoms. The minimum Gasteiger partial charge on any atom is -0.491 e. The van der Waals surface area contributed by atoms with E-state index < -0.39 is 6.10 Å². The number of hydrogen-bond acceptors (Lipinski definition) is 5. The van der Waals surface area contributed by atoms with E-state index in [2.05, 4.69) is 5.32 Å². The Hall–Kier alpha value is -0.880. The second-order valence-corrected chi connectivity index (χ2v) is 5.67. The molecule has 0 saturated carbocycles. The molecule has 0 bridgehead atoms. The molecular weight excluding hydrogens is 258 g/mol. The van der Waals surface area contributed by atoms with Crippen molar-refractivity contribution >= 4 is 0 Å². The van der Waals surface area contributed by atoms with E-state index in [0.29, 0.717) is 19.2 Å². The molecular formula is C15H25NO4. The molecule has 3 unspecified atom stereocenters. The molecule has 0 amide bonds. The number of ether oxygens (including phenoxy) is 3. The third kappa shape index (κ3) is 4.06. The Labute approximate surface area is 120 Å². The fraction of sp³-hybridized carbons (Fsp3) is 0.733. The highest BCUT2D eigenvalue weighted by Crippen LogP contribution is 2.45. The van der Waals surface area contributed by atoms with Crippen LogP contribution in [0.2, 0.25) is 0 Å². The number of fused-ring (bicyclic) bond motifs is 1. The molecule has 2 N–H and O–H groups in total. The number of aliphatic hydroxyl groups excluding tert-OH is 1. The molecule has 1 heterocycles. The highest BCUT2D eigenvalue weighted by Gasteiger charge is 2.54. The van der Waals surface area contributed by atoms with Gasteiger partial charge in [0.05, 0.1) is 0 Å². The minimum absolute atomic E-state index is 0.0866. The number of rotatable bonds is 9. The first-order chi connectivity index (χ1) is 9.55. The molecule has 1 aliphatic carbocycles. The molecule has 0 aromatic rings. The van der Waals surface area contributed by atoms with Crippen molar-refractivity contribution in [3.8, 4) is 0 Å². The molecule has 1 fully saturated rings. The molecule has 3 atom stereocenters. The van der Waals surface area contributed by atoms with Crippen molar-refractivity contribution in [1.82, 2.24) is 5.32 Å². The first-order valence-electron chi connectivity index (χ1n) is 7.18. The van der Waals surface area contributed by atoms with Crippen molar-refractivity contribution in [2.75, 3.05) is 26.9 Å². The van der Waals surface area contributed by atoms with E-state index in [1.165, 1.54) is 0 Å². The van der Waals surface area contributed by atoms with E-state index in [-0.39, 0.29) is 18.3 Å². The Morgan fingerprint density at radius 1 is 1.50 bits per heavy atom. The second kappa shape index (κ2) is 6.72. The minimum atomic E-state index is -0.507. The summed E-state index contributed by atoms with van der Waals surface area (Å²) >= 11 is 0. The van der Waals surface area contributed by atoms with Crippen LogP contribution in [0.25, 0.3) is 0 Å². The van der Waals surface area contributed by atoms with Gasteiger partial charge in [0.25, 0.3) is 0 Å². The highest BCUT2D eigenvalue weighted by molar-refractivity contribution is 5.34. The lowest BCUT2D eigenvalue weighted by Gasteiger charge is -2.17. The summed E-state index contributed by atoms with van der Waals surface area (Å²) in [6.45, 7) is 5.60. The van der Waals surface area contributed by atoms with Gasteiger partial charge < -0.3 is 24.6 Å². The van der Waals surface area contributed by atoms with Crippen molar-refractivity contribution in [3.05, 3.63) is 24.0 Å². The van der Waals surface area contributed by atoms with Crippen LogP contribution in [-0.2, 0) is 14.2 Å². The first-order valence-corrected chi connectivity index (χ1v) is 7.18. The zero-order valence-corrected chi connectivity index (χ0v) is 12.5. The van der Waals surface area contributed by atoms with Gasteiger partial charge in [-0.2, -0.15) is 0 Å². The molecule has 5 nitrogen and oxygen atoms in total. The zero-order valence-electron chi connectivity index (χ0n) is 12.5. The summed E-state index contributed by atoms with van der Waals surface area (Å²) in [6.07, 6.45) is 6.36. The Morgan fingerprint density at radius 3 is 2.95 bits per heavy atom. The number of epoxide rings is 1. The van der Waals surface area contributed by atoms with Crippen molar-refractivity contribution in [3.63, 3.8) is 0 Å². The van der Waals surface area contributed by atoms with Crippen LogP contribution in [0.3, 0.4) is 0 Å². The average molecular weight is 283 g/mol. The van der Waals surface area contributed by atoms with Crippen LogP contribution in [0.15, 0.2) is 24.0 Å². The number of hydrogen-bond donors (Lipinski definition) is 2. The van der Waals surface area contributed by atoms with E-state index in [1.54, 1.807) is 7.11 Å². The summed E-state index contributed by atoms with van der Waals surface area (Å²) in [7, 11) is 1.69. The normalized spacial score (nSPS) is 29.1. The van der Waals surface area contributed by atoms with Gasteiger partial charge in [-0.3, -0.25) is 0 Å². The lowest BCUT2D eigenvalue weighted by atomic mass is 9.97. The molecule has 1 aliphatic heterocycles. The largest absolute Gasteiger partial charge is 0.491 e. The van der Waals surface area contributed by atoms with Crippen LogP contribution in [-0.4, -0.2) is 55.8 Å². The predicted molar refractivity (Wildman–Crippen MR) is 76.4 cm³/mol. The molecule has 20 heavy (non-hydrogen) atoms. The predicted octanol–water partition coefficient (Wildman–Crippen LogP) is 0.990. The molecule has 0 aromatic heterocycles. The first kappa shape index (κ1) is 15.5. The van der Waals surface area contributed by atoms with Gasteiger partial charge in [0.1, 0.15) is 30.2 Å². The molecule has 114 valence electrons. The summed E-state index contributed by atoms with van der Waals surface area (Å²) in [5.74, 6) is 0.768. The molecule has 5 heteroatoms. The highest BCUT2D eigenvalue weighted by atomic mass is 16.6. The average Bonchev–Trinajstić information content (AvgIpc) is 3.14. The molecule has 0 radical (unpaired) electrons.